The van der Waals surface area contributed by atoms with E-state index in [9.17, 15) is 4.79 Å². The van der Waals surface area contributed by atoms with Gasteiger partial charge in [-0.1, -0.05) is 17.0 Å². The van der Waals surface area contributed by atoms with Gasteiger partial charge in [0, 0.05) is 23.4 Å². The van der Waals surface area contributed by atoms with Crippen LogP contribution in [0.15, 0.2) is 23.3 Å². The van der Waals surface area contributed by atoms with Gasteiger partial charge in [-0.2, -0.15) is 0 Å². The summed E-state index contributed by atoms with van der Waals surface area (Å²) in [5.74, 6) is 4.88. The van der Waals surface area contributed by atoms with Crippen molar-refractivity contribution in [1.29, 1.82) is 0 Å². The number of hydrogen-bond acceptors (Lipinski definition) is 3. The summed E-state index contributed by atoms with van der Waals surface area (Å²) >= 11 is 0. The third kappa shape index (κ3) is 3.74. The number of nitrogens with zero attached hydrogens (tertiary/aromatic N) is 3. The fourth-order valence-electron chi connectivity index (χ4n) is 1.26. The molecule has 0 bridgehead atoms. The third-order valence-corrected chi connectivity index (χ3v) is 2.06. The van der Waals surface area contributed by atoms with E-state index in [4.69, 9.17) is 15.4 Å². The first-order valence-corrected chi connectivity index (χ1v) is 5.10. The van der Waals surface area contributed by atoms with Gasteiger partial charge in [-0.3, -0.25) is 0 Å². The summed E-state index contributed by atoms with van der Waals surface area (Å²) < 4.78 is 4.98. The minimum absolute atomic E-state index is 0.0946. The number of hydrogen-bond donors (Lipinski definition) is 1. The smallest absolute Gasteiger partial charge is 0.339 e. The lowest BCUT2D eigenvalue weighted by Gasteiger charge is -2.04. The maximum Gasteiger partial charge on any atom is 0.339 e. The number of rotatable bonds is 4. The monoisotopic (exact) mass is 245 g/mol. The molecule has 0 unspecified atom stereocenters. The number of carboxylic acids is 1. The quantitative estimate of drug-likeness (QED) is 0.290. The molecule has 0 saturated heterocycles. The van der Waals surface area contributed by atoms with Crippen LogP contribution in [0.3, 0.4) is 0 Å². The molecule has 0 saturated carbocycles. The van der Waals surface area contributed by atoms with Crippen molar-refractivity contribution < 1.29 is 14.6 Å². The van der Waals surface area contributed by atoms with Crippen molar-refractivity contribution in [3.8, 4) is 17.6 Å². The number of benzene rings is 1. The summed E-state index contributed by atoms with van der Waals surface area (Å²) in [6.45, 7) is 0.313. The molecule has 0 heterocycles. The second kappa shape index (κ2) is 6.84. The summed E-state index contributed by atoms with van der Waals surface area (Å²) in [6, 6.07) is 4.61. The molecule has 1 aromatic carbocycles. The van der Waals surface area contributed by atoms with Crippen LogP contribution < -0.4 is 4.74 Å². The Hall–Kier alpha value is -2.64. The normalized spacial score (nSPS) is 8.72. The van der Waals surface area contributed by atoms with Crippen molar-refractivity contribution >= 4 is 5.97 Å². The number of carbonyl (C=O) groups is 1. The van der Waals surface area contributed by atoms with Gasteiger partial charge in [0.05, 0.1) is 7.11 Å². The Kier molecular flexibility index (Phi) is 5.10. The Labute approximate surface area is 104 Å². The lowest BCUT2D eigenvalue weighted by atomic mass is 10.1. The molecule has 0 aromatic heterocycles. The predicted molar refractivity (Wildman–Crippen MR) is 65.5 cm³/mol. The first kappa shape index (κ1) is 13.4. The maximum absolute atomic E-state index is 10.9. The van der Waals surface area contributed by atoms with Crippen molar-refractivity contribution in [3.05, 3.63) is 39.8 Å². The standard InChI is InChI=1S/C12H11N3O3/c1-18-11-8-9(4-2-3-7-14-15-13)5-6-10(11)12(16)17/h5-6,8H,3,7H2,1H3,(H,16,17). The minimum Gasteiger partial charge on any atom is -0.496 e. The largest absolute Gasteiger partial charge is 0.496 e. The zero-order valence-corrected chi connectivity index (χ0v) is 9.75. The summed E-state index contributed by atoms with van der Waals surface area (Å²) in [4.78, 5) is 13.5. The van der Waals surface area contributed by atoms with E-state index in [1.165, 1.54) is 13.2 Å². The molecule has 0 spiro atoms. The van der Waals surface area contributed by atoms with Gasteiger partial charge in [-0.05, 0) is 23.7 Å². The molecule has 0 aliphatic rings. The second-order valence-corrected chi connectivity index (χ2v) is 3.23. The molecule has 1 N–H and O–H groups in total. The van der Waals surface area contributed by atoms with E-state index in [1.54, 1.807) is 12.1 Å². The molecule has 92 valence electrons. The highest BCUT2D eigenvalue weighted by molar-refractivity contribution is 5.91. The van der Waals surface area contributed by atoms with Crippen LogP contribution in [0.2, 0.25) is 0 Å². The number of methoxy groups -OCH3 is 1. The van der Waals surface area contributed by atoms with Crippen molar-refractivity contribution in [2.75, 3.05) is 13.7 Å². The lowest BCUT2D eigenvalue weighted by molar-refractivity contribution is 0.0693. The number of ether oxygens (including phenoxy) is 1. The average Bonchev–Trinajstić information content (AvgIpc) is 2.38. The summed E-state index contributed by atoms with van der Waals surface area (Å²) in [5, 5.41) is 12.2. The zero-order chi connectivity index (χ0) is 13.4. The van der Waals surface area contributed by atoms with E-state index < -0.39 is 5.97 Å². The zero-order valence-electron chi connectivity index (χ0n) is 9.75. The van der Waals surface area contributed by atoms with Gasteiger partial charge in [0.1, 0.15) is 11.3 Å². The number of azide groups is 1. The van der Waals surface area contributed by atoms with Crippen molar-refractivity contribution in [3.63, 3.8) is 0 Å². The molecule has 0 fully saturated rings. The van der Waals surface area contributed by atoms with Crippen LogP contribution in [0.4, 0.5) is 0 Å². The first-order valence-electron chi connectivity index (χ1n) is 5.10. The van der Waals surface area contributed by atoms with Gasteiger partial charge in [-0.25, -0.2) is 4.79 Å². The molecule has 18 heavy (non-hydrogen) atoms. The Balaban J connectivity index is 2.85. The first-order chi connectivity index (χ1) is 8.69. The highest BCUT2D eigenvalue weighted by Crippen LogP contribution is 2.19. The van der Waals surface area contributed by atoms with Crippen molar-refractivity contribution in [2.45, 2.75) is 6.42 Å². The summed E-state index contributed by atoms with van der Waals surface area (Å²) in [7, 11) is 1.40. The Bertz CT molecular complexity index is 551. The van der Waals surface area contributed by atoms with Gasteiger partial charge in [0.2, 0.25) is 0 Å². The maximum atomic E-state index is 10.9. The number of carboxylic acid groups (broad SMARTS) is 1. The number of aromatic carboxylic acids is 1. The molecule has 0 radical (unpaired) electrons. The Morgan fingerprint density at radius 3 is 3.00 bits per heavy atom. The SMILES string of the molecule is COc1cc(C#CCCN=[N+]=[N-])ccc1C(=O)O. The van der Waals surface area contributed by atoms with Crippen LogP contribution in [-0.4, -0.2) is 24.7 Å². The fourth-order valence-corrected chi connectivity index (χ4v) is 1.26. The van der Waals surface area contributed by atoms with Crippen molar-refractivity contribution in [1.82, 2.24) is 0 Å². The van der Waals surface area contributed by atoms with Crippen LogP contribution in [0.1, 0.15) is 22.3 Å². The lowest BCUT2D eigenvalue weighted by Crippen LogP contribution is -2.00. The predicted octanol–water partition coefficient (Wildman–Crippen LogP) is 2.45. The van der Waals surface area contributed by atoms with Crippen LogP contribution in [-0.2, 0) is 0 Å². The Morgan fingerprint density at radius 2 is 2.39 bits per heavy atom. The van der Waals surface area contributed by atoms with Crippen LogP contribution in [0.25, 0.3) is 10.4 Å². The highest BCUT2D eigenvalue weighted by atomic mass is 16.5. The molecule has 6 heteroatoms. The molecule has 0 aliphatic heterocycles. The van der Waals surface area contributed by atoms with Gasteiger partial charge in [0.25, 0.3) is 0 Å². The third-order valence-electron chi connectivity index (χ3n) is 2.06. The van der Waals surface area contributed by atoms with E-state index in [1.807, 2.05) is 0 Å². The average molecular weight is 245 g/mol. The van der Waals surface area contributed by atoms with Gasteiger partial charge >= 0.3 is 5.97 Å². The molecule has 1 aromatic rings. The van der Waals surface area contributed by atoms with Crippen molar-refractivity contribution in [2.24, 2.45) is 5.11 Å². The van der Waals surface area contributed by atoms with Gasteiger partial charge in [0.15, 0.2) is 0 Å². The second-order valence-electron chi connectivity index (χ2n) is 3.23. The summed E-state index contributed by atoms with van der Waals surface area (Å²) in [5.41, 5.74) is 8.82. The molecule has 1 rings (SSSR count). The van der Waals surface area contributed by atoms with Gasteiger partial charge < -0.3 is 9.84 Å². The molecule has 6 nitrogen and oxygen atoms in total. The summed E-state index contributed by atoms with van der Waals surface area (Å²) in [6.07, 6.45) is 0.451. The minimum atomic E-state index is -1.05. The molecular formula is C12H11N3O3. The van der Waals surface area contributed by atoms with E-state index >= 15 is 0 Å². The van der Waals surface area contributed by atoms with E-state index in [2.05, 4.69) is 21.9 Å². The van der Waals surface area contributed by atoms with E-state index in [0.29, 0.717) is 18.5 Å². The van der Waals surface area contributed by atoms with Crippen LogP contribution in [0.5, 0.6) is 5.75 Å². The van der Waals surface area contributed by atoms with E-state index in [0.717, 1.165) is 0 Å². The molecule has 0 amide bonds. The van der Waals surface area contributed by atoms with Gasteiger partial charge in [-0.15, -0.1) is 0 Å². The van der Waals surface area contributed by atoms with Crippen LogP contribution >= 0.6 is 0 Å². The molecular weight excluding hydrogens is 234 g/mol. The molecule has 0 atom stereocenters. The Morgan fingerprint density at radius 1 is 1.61 bits per heavy atom. The van der Waals surface area contributed by atoms with E-state index in [-0.39, 0.29) is 11.3 Å². The van der Waals surface area contributed by atoms with Crippen LogP contribution in [0, 0.1) is 11.8 Å². The highest BCUT2D eigenvalue weighted by Gasteiger charge is 2.10. The molecule has 0 aliphatic carbocycles. The fraction of sp³-hybridized carbons (Fsp3) is 0.250. The topological polar surface area (TPSA) is 95.3 Å².